The Balaban J connectivity index is 1.44. The number of hydrogen-bond donors (Lipinski definition) is 0. The van der Waals surface area contributed by atoms with E-state index in [1.807, 2.05) is 91.0 Å². The largest absolute Gasteiger partial charge is 0.489 e. The molecule has 0 aliphatic heterocycles. The molecule has 4 aromatic carbocycles. The van der Waals surface area contributed by atoms with E-state index in [1.54, 1.807) is 6.08 Å². The van der Waals surface area contributed by atoms with Crippen LogP contribution in [0.4, 0.5) is 0 Å². The molecule has 0 atom stereocenters. The summed E-state index contributed by atoms with van der Waals surface area (Å²) in [4.78, 5) is 0. The predicted molar refractivity (Wildman–Crippen MR) is 127 cm³/mol. The van der Waals surface area contributed by atoms with E-state index >= 15 is 0 Å². The molecular formula is C26H20Cl2O3. The van der Waals surface area contributed by atoms with Gasteiger partial charge in [-0.15, -0.1) is 0 Å². The zero-order chi connectivity index (χ0) is 21.5. The second-order valence-corrected chi connectivity index (χ2v) is 7.77. The molecule has 4 rings (SSSR count). The maximum Gasteiger partial charge on any atom is 0.127 e. The third-order valence-electron chi connectivity index (χ3n) is 4.62. The van der Waals surface area contributed by atoms with Crippen molar-refractivity contribution in [3.63, 3.8) is 0 Å². The van der Waals surface area contributed by atoms with Crippen LogP contribution in [0.2, 0.25) is 0 Å². The van der Waals surface area contributed by atoms with Crippen LogP contribution in [-0.4, -0.2) is 6.61 Å². The lowest BCUT2D eigenvalue weighted by atomic mass is 10.1. The van der Waals surface area contributed by atoms with Gasteiger partial charge in [0.2, 0.25) is 0 Å². The highest BCUT2D eigenvalue weighted by Gasteiger charge is 2.07. The highest BCUT2D eigenvalue weighted by molar-refractivity contribution is 6.55. The van der Waals surface area contributed by atoms with Gasteiger partial charge in [-0.1, -0.05) is 77.8 Å². The lowest BCUT2D eigenvalue weighted by Crippen LogP contribution is -1.98. The van der Waals surface area contributed by atoms with Gasteiger partial charge >= 0.3 is 0 Å². The second-order valence-electron chi connectivity index (χ2n) is 6.76. The average Bonchev–Trinajstić information content (AvgIpc) is 2.79. The maximum atomic E-state index is 6.11. The van der Waals surface area contributed by atoms with Crippen LogP contribution in [0.25, 0.3) is 10.8 Å². The number of halogens is 2. The highest BCUT2D eigenvalue weighted by atomic mass is 35.5. The third kappa shape index (κ3) is 5.72. The molecule has 0 heterocycles. The zero-order valence-corrected chi connectivity index (χ0v) is 18.1. The van der Waals surface area contributed by atoms with Crippen molar-refractivity contribution in [3.05, 3.63) is 107 Å². The van der Waals surface area contributed by atoms with Crippen LogP contribution in [0.5, 0.6) is 23.0 Å². The number of hydrogen-bond acceptors (Lipinski definition) is 3. The van der Waals surface area contributed by atoms with Crippen molar-refractivity contribution in [2.75, 3.05) is 6.61 Å². The summed E-state index contributed by atoms with van der Waals surface area (Å²) in [6.07, 6.45) is 1.60. The summed E-state index contributed by atoms with van der Waals surface area (Å²) in [7, 11) is 0. The van der Waals surface area contributed by atoms with E-state index in [1.165, 1.54) is 0 Å². The Morgan fingerprint density at radius 2 is 1.26 bits per heavy atom. The molecule has 0 aliphatic carbocycles. The molecular weight excluding hydrogens is 431 g/mol. The molecule has 3 nitrogen and oxygen atoms in total. The van der Waals surface area contributed by atoms with E-state index in [4.69, 9.17) is 37.4 Å². The predicted octanol–water partition coefficient (Wildman–Crippen LogP) is 7.91. The van der Waals surface area contributed by atoms with Crippen LogP contribution in [0.15, 0.2) is 102 Å². The molecule has 31 heavy (non-hydrogen) atoms. The van der Waals surface area contributed by atoms with Gasteiger partial charge in [0.05, 0.1) is 0 Å². The summed E-state index contributed by atoms with van der Waals surface area (Å²) in [5.74, 6) is 3.13. The fourth-order valence-electron chi connectivity index (χ4n) is 3.14. The van der Waals surface area contributed by atoms with E-state index in [0.29, 0.717) is 13.2 Å². The highest BCUT2D eigenvalue weighted by Crippen LogP contribution is 2.33. The van der Waals surface area contributed by atoms with Crippen LogP contribution in [-0.2, 0) is 6.61 Å². The number of fused-ring (bicyclic) bond motifs is 1. The first-order valence-electron chi connectivity index (χ1n) is 9.79. The topological polar surface area (TPSA) is 27.7 Å². The van der Waals surface area contributed by atoms with E-state index in [9.17, 15) is 0 Å². The molecule has 0 amide bonds. The first-order chi connectivity index (χ1) is 15.2. The van der Waals surface area contributed by atoms with Crippen molar-refractivity contribution in [2.45, 2.75) is 6.61 Å². The molecule has 0 aliphatic rings. The average molecular weight is 451 g/mol. The number of ether oxygens (including phenoxy) is 3. The second kappa shape index (κ2) is 10.3. The van der Waals surface area contributed by atoms with E-state index in [2.05, 4.69) is 0 Å². The molecule has 0 unspecified atom stereocenters. The summed E-state index contributed by atoms with van der Waals surface area (Å²) >= 11 is 11.3. The van der Waals surface area contributed by atoms with Crippen LogP contribution < -0.4 is 14.2 Å². The minimum atomic E-state index is 0.185. The standard InChI is InChI=1S/C26H20Cl2O3/c27-26(28)16-17-29-24-10-4-9-23-22(24)8-5-11-25(23)30-18-19-12-14-21(15-13-19)31-20-6-2-1-3-7-20/h1-16H,17-18H2. The molecule has 0 fully saturated rings. The quantitative estimate of drug-likeness (QED) is 0.272. The summed E-state index contributed by atoms with van der Waals surface area (Å²) in [6, 6.07) is 29.4. The fourth-order valence-corrected chi connectivity index (χ4v) is 3.26. The summed E-state index contributed by atoms with van der Waals surface area (Å²) in [5.41, 5.74) is 1.05. The summed E-state index contributed by atoms with van der Waals surface area (Å²) in [6.45, 7) is 0.740. The fraction of sp³-hybridized carbons (Fsp3) is 0.0769. The minimum absolute atomic E-state index is 0.185. The third-order valence-corrected chi connectivity index (χ3v) is 4.92. The first kappa shape index (κ1) is 21.1. The smallest absolute Gasteiger partial charge is 0.127 e. The van der Waals surface area contributed by atoms with Crippen molar-refractivity contribution >= 4 is 34.0 Å². The summed E-state index contributed by atoms with van der Waals surface area (Å²) < 4.78 is 17.9. The van der Waals surface area contributed by atoms with Gasteiger partial charge in [0.1, 0.15) is 40.7 Å². The van der Waals surface area contributed by atoms with Crippen molar-refractivity contribution in [1.82, 2.24) is 0 Å². The van der Waals surface area contributed by atoms with Gasteiger partial charge in [-0.2, -0.15) is 0 Å². The Labute approximate surface area is 191 Å². The van der Waals surface area contributed by atoms with Gasteiger partial charge in [-0.3, -0.25) is 0 Å². The van der Waals surface area contributed by atoms with E-state index in [0.717, 1.165) is 39.3 Å². The van der Waals surface area contributed by atoms with Crippen molar-refractivity contribution in [3.8, 4) is 23.0 Å². The molecule has 0 spiro atoms. The molecule has 0 saturated carbocycles. The zero-order valence-electron chi connectivity index (χ0n) is 16.6. The molecule has 0 saturated heterocycles. The van der Waals surface area contributed by atoms with Gasteiger partial charge < -0.3 is 14.2 Å². The molecule has 4 aromatic rings. The van der Waals surface area contributed by atoms with Crippen LogP contribution in [0.3, 0.4) is 0 Å². The SMILES string of the molecule is ClC(Cl)=CCOc1cccc2c(OCc3ccc(Oc4ccccc4)cc3)cccc12. The molecule has 0 radical (unpaired) electrons. The number of benzene rings is 4. The van der Waals surface area contributed by atoms with E-state index < -0.39 is 0 Å². The van der Waals surface area contributed by atoms with Crippen molar-refractivity contribution in [2.24, 2.45) is 0 Å². The normalized spacial score (nSPS) is 10.5. The van der Waals surface area contributed by atoms with Crippen molar-refractivity contribution in [1.29, 1.82) is 0 Å². The maximum absolute atomic E-state index is 6.11. The Bertz CT molecular complexity index is 1170. The van der Waals surface area contributed by atoms with Crippen molar-refractivity contribution < 1.29 is 14.2 Å². The molecule has 0 N–H and O–H groups in total. The van der Waals surface area contributed by atoms with Crippen LogP contribution in [0.1, 0.15) is 5.56 Å². The first-order valence-corrected chi connectivity index (χ1v) is 10.5. The minimum Gasteiger partial charge on any atom is -0.489 e. The number of para-hydroxylation sites is 1. The molecule has 156 valence electrons. The van der Waals surface area contributed by atoms with Gasteiger partial charge in [-0.25, -0.2) is 0 Å². The Hall–Kier alpha value is -3.14. The van der Waals surface area contributed by atoms with Crippen LogP contribution >= 0.6 is 23.2 Å². The van der Waals surface area contributed by atoms with Crippen LogP contribution in [0, 0.1) is 0 Å². The molecule has 0 bridgehead atoms. The summed E-state index contributed by atoms with van der Waals surface area (Å²) in [5, 5.41) is 1.94. The molecule has 5 heteroatoms. The number of rotatable bonds is 8. The lowest BCUT2D eigenvalue weighted by Gasteiger charge is -2.13. The Morgan fingerprint density at radius 1 is 0.645 bits per heavy atom. The lowest BCUT2D eigenvalue weighted by molar-refractivity contribution is 0.309. The van der Waals surface area contributed by atoms with E-state index in [-0.39, 0.29) is 4.49 Å². The van der Waals surface area contributed by atoms with Gasteiger partial charge in [-0.05, 0) is 48.0 Å². The van der Waals surface area contributed by atoms with Gasteiger partial charge in [0.15, 0.2) is 0 Å². The molecule has 0 aromatic heterocycles. The monoisotopic (exact) mass is 450 g/mol. The Morgan fingerprint density at radius 3 is 1.90 bits per heavy atom. The Kier molecular flexibility index (Phi) is 6.98. The van der Waals surface area contributed by atoms with Gasteiger partial charge in [0.25, 0.3) is 0 Å². The van der Waals surface area contributed by atoms with Gasteiger partial charge in [0, 0.05) is 10.8 Å².